The molecule has 1 amide bonds. The van der Waals surface area contributed by atoms with Gasteiger partial charge in [-0.1, -0.05) is 18.2 Å². The number of aryl methyl sites for hydroxylation is 1. The van der Waals surface area contributed by atoms with Crippen LogP contribution in [0.5, 0.6) is 0 Å². The Hall–Kier alpha value is -3.07. The topological polar surface area (TPSA) is 100 Å². The highest BCUT2D eigenvalue weighted by Gasteiger charge is 2.09. The van der Waals surface area contributed by atoms with Gasteiger partial charge in [0.05, 0.1) is 6.54 Å². The third-order valence-corrected chi connectivity index (χ3v) is 4.82. The Kier molecular flexibility index (Phi) is 5.60. The van der Waals surface area contributed by atoms with Crippen molar-refractivity contribution in [1.29, 1.82) is 0 Å². The maximum Gasteiger partial charge on any atom is 0.325 e. The summed E-state index contributed by atoms with van der Waals surface area (Å²) in [6, 6.07) is 6.43. The smallest absolute Gasteiger partial charge is 0.319 e. The molecule has 3 aromatic rings. The molecule has 2 heterocycles. The Labute approximate surface area is 156 Å². The van der Waals surface area contributed by atoms with E-state index >= 15 is 0 Å². The number of benzene rings is 1. The summed E-state index contributed by atoms with van der Waals surface area (Å²) in [5, 5.41) is 1.77. The first-order valence-electron chi connectivity index (χ1n) is 8.21. The molecule has 140 valence electrons. The lowest BCUT2D eigenvalue weighted by Gasteiger charge is -2.04. The average molecular weight is 388 g/mol. The van der Waals surface area contributed by atoms with E-state index in [1.807, 2.05) is 0 Å². The standard InChI is InChI=1S/C18H17FN4O3S/c1-11-13(16(25)22-17(26)20-11)6-7-15(24)21-18-23(8-9-27-18)10-12-4-2-3-5-14(12)19/h2-5,8-9H,6-7,10H2,1H3,(H2,20,22,25,26). The van der Waals surface area contributed by atoms with Gasteiger partial charge in [0.15, 0.2) is 4.80 Å². The SMILES string of the molecule is Cc1[nH]c(=O)[nH]c(=O)c1CCC(=O)N=c1sccn1Cc1ccccc1F. The van der Waals surface area contributed by atoms with Crippen molar-refractivity contribution in [2.45, 2.75) is 26.3 Å². The van der Waals surface area contributed by atoms with Gasteiger partial charge in [-0.05, 0) is 19.4 Å². The number of rotatable bonds is 5. The highest BCUT2D eigenvalue weighted by atomic mass is 32.1. The number of carbonyl (C=O) groups is 1. The molecule has 27 heavy (non-hydrogen) atoms. The van der Waals surface area contributed by atoms with Crippen LogP contribution in [0.25, 0.3) is 0 Å². The number of nitrogens with zero attached hydrogens (tertiary/aromatic N) is 2. The van der Waals surface area contributed by atoms with Crippen LogP contribution in [0.4, 0.5) is 4.39 Å². The largest absolute Gasteiger partial charge is 0.325 e. The van der Waals surface area contributed by atoms with Gasteiger partial charge in [-0.15, -0.1) is 11.3 Å². The fourth-order valence-corrected chi connectivity index (χ4v) is 3.38. The van der Waals surface area contributed by atoms with E-state index in [1.165, 1.54) is 17.4 Å². The van der Waals surface area contributed by atoms with Crippen LogP contribution < -0.4 is 16.1 Å². The zero-order valence-corrected chi connectivity index (χ0v) is 15.3. The van der Waals surface area contributed by atoms with Gasteiger partial charge in [0.2, 0.25) is 5.91 Å². The number of carbonyl (C=O) groups excluding carboxylic acids is 1. The Morgan fingerprint density at radius 2 is 2.04 bits per heavy atom. The molecular weight excluding hydrogens is 371 g/mol. The van der Waals surface area contributed by atoms with E-state index in [-0.39, 0.29) is 25.2 Å². The fraction of sp³-hybridized carbons (Fsp3) is 0.222. The van der Waals surface area contributed by atoms with E-state index in [9.17, 15) is 18.8 Å². The summed E-state index contributed by atoms with van der Waals surface area (Å²) in [6.07, 6.45) is 1.92. The number of aromatic nitrogens is 3. The molecule has 0 aliphatic heterocycles. The van der Waals surface area contributed by atoms with Gasteiger partial charge in [0.25, 0.3) is 5.56 Å². The third-order valence-electron chi connectivity index (χ3n) is 4.02. The first-order valence-corrected chi connectivity index (χ1v) is 9.09. The highest BCUT2D eigenvalue weighted by Crippen LogP contribution is 2.08. The summed E-state index contributed by atoms with van der Waals surface area (Å²) in [4.78, 5) is 44.4. The van der Waals surface area contributed by atoms with Crippen LogP contribution in [0.2, 0.25) is 0 Å². The second kappa shape index (κ2) is 8.09. The molecule has 7 nitrogen and oxygen atoms in total. The first-order chi connectivity index (χ1) is 12.9. The highest BCUT2D eigenvalue weighted by molar-refractivity contribution is 7.07. The second-order valence-electron chi connectivity index (χ2n) is 5.92. The quantitative estimate of drug-likeness (QED) is 0.692. The Morgan fingerprint density at radius 1 is 1.26 bits per heavy atom. The van der Waals surface area contributed by atoms with E-state index in [0.29, 0.717) is 21.6 Å². The lowest BCUT2D eigenvalue weighted by Crippen LogP contribution is -2.27. The van der Waals surface area contributed by atoms with Crippen molar-refractivity contribution in [2.24, 2.45) is 4.99 Å². The van der Waals surface area contributed by atoms with Crippen molar-refractivity contribution in [3.8, 4) is 0 Å². The Bertz CT molecular complexity index is 1160. The molecule has 0 spiro atoms. The minimum atomic E-state index is -0.579. The molecule has 0 unspecified atom stereocenters. The summed E-state index contributed by atoms with van der Waals surface area (Å²) >= 11 is 1.27. The van der Waals surface area contributed by atoms with Gasteiger partial charge in [-0.2, -0.15) is 4.99 Å². The molecular formula is C18H17FN4O3S. The fourth-order valence-electron chi connectivity index (χ4n) is 2.64. The lowest BCUT2D eigenvalue weighted by molar-refractivity contribution is -0.118. The molecule has 0 fully saturated rings. The predicted octanol–water partition coefficient (Wildman–Crippen LogP) is 1.48. The van der Waals surface area contributed by atoms with Gasteiger partial charge in [0.1, 0.15) is 5.82 Å². The zero-order valence-electron chi connectivity index (χ0n) is 14.5. The number of amides is 1. The molecule has 0 aliphatic carbocycles. The molecule has 3 rings (SSSR count). The number of hydrogen-bond acceptors (Lipinski definition) is 4. The lowest BCUT2D eigenvalue weighted by atomic mass is 10.1. The predicted molar refractivity (Wildman–Crippen MR) is 99.1 cm³/mol. The van der Waals surface area contributed by atoms with Gasteiger partial charge < -0.3 is 9.55 Å². The van der Waals surface area contributed by atoms with Crippen molar-refractivity contribution in [2.75, 3.05) is 0 Å². The van der Waals surface area contributed by atoms with Crippen LogP contribution in [0.3, 0.4) is 0 Å². The summed E-state index contributed by atoms with van der Waals surface area (Å²) in [5.41, 5.74) is 0.200. The summed E-state index contributed by atoms with van der Waals surface area (Å²) in [7, 11) is 0. The average Bonchev–Trinajstić information content (AvgIpc) is 3.02. The maximum absolute atomic E-state index is 13.8. The van der Waals surface area contributed by atoms with E-state index in [4.69, 9.17) is 0 Å². The van der Waals surface area contributed by atoms with E-state index in [1.54, 1.807) is 41.3 Å². The molecule has 9 heteroatoms. The van der Waals surface area contributed by atoms with Gasteiger partial charge in [-0.3, -0.25) is 14.6 Å². The Balaban J connectivity index is 1.75. The molecule has 1 aromatic carbocycles. The van der Waals surface area contributed by atoms with Crippen LogP contribution in [0, 0.1) is 12.7 Å². The zero-order chi connectivity index (χ0) is 19.4. The van der Waals surface area contributed by atoms with Crippen LogP contribution in [-0.2, 0) is 17.8 Å². The number of aromatic amines is 2. The van der Waals surface area contributed by atoms with E-state index in [2.05, 4.69) is 15.0 Å². The summed E-state index contributed by atoms with van der Waals surface area (Å²) in [6.45, 7) is 1.87. The molecule has 0 saturated heterocycles. The monoisotopic (exact) mass is 388 g/mol. The number of hydrogen-bond donors (Lipinski definition) is 2. The molecule has 0 bridgehead atoms. The van der Waals surface area contributed by atoms with Crippen LogP contribution in [0.15, 0.2) is 50.4 Å². The van der Waals surface area contributed by atoms with Gasteiger partial charge in [-0.25, -0.2) is 9.18 Å². The molecule has 0 saturated carbocycles. The molecule has 2 aromatic heterocycles. The molecule has 0 radical (unpaired) electrons. The van der Waals surface area contributed by atoms with Crippen molar-refractivity contribution in [3.63, 3.8) is 0 Å². The van der Waals surface area contributed by atoms with Crippen LogP contribution in [0.1, 0.15) is 23.2 Å². The second-order valence-corrected chi connectivity index (χ2v) is 6.80. The van der Waals surface area contributed by atoms with Crippen LogP contribution >= 0.6 is 11.3 Å². The third kappa shape index (κ3) is 4.56. The normalized spacial score (nSPS) is 11.7. The van der Waals surface area contributed by atoms with Crippen molar-refractivity contribution < 1.29 is 9.18 Å². The van der Waals surface area contributed by atoms with Gasteiger partial charge >= 0.3 is 5.69 Å². The maximum atomic E-state index is 13.8. The summed E-state index contributed by atoms with van der Waals surface area (Å²) < 4.78 is 15.5. The number of halogens is 1. The van der Waals surface area contributed by atoms with Crippen LogP contribution in [-0.4, -0.2) is 20.4 Å². The molecule has 0 aliphatic rings. The van der Waals surface area contributed by atoms with Gasteiger partial charge in [0, 0.05) is 34.8 Å². The number of H-pyrrole nitrogens is 2. The molecule has 0 atom stereocenters. The van der Waals surface area contributed by atoms with Crippen molar-refractivity contribution in [1.82, 2.24) is 14.5 Å². The van der Waals surface area contributed by atoms with E-state index in [0.717, 1.165) is 0 Å². The number of thiazole rings is 1. The summed E-state index contributed by atoms with van der Waals surface area (Å²) in [5.74, 6) is -0.717. The van der Waals surface area contributed by atoms with Crippen molar-refractivity contribution in [3.05, 3.63) is 84.1 Å². The van der Waals surface area contributed by atoms with E-state index < -0.39 is 17.2 Å². The minimum absolute atomic E-state index is 0.0214. The molecule has 2 N–H and O–H groups in total. The first kappa shape index (κ1) is 18.7. The van der Waals surface area contributed by atoms with Crippen molar-refractivity contribution >= 4 is 17.2 Å². The Morgan fingerprint density at radius 3 is 2.78 bits per heavy atom. The number of nitrogens with one attached hydrogen (secondary N) is 2. The minimum Gasteiger partial charge on any atom is -0.319 e.